The molecule has 1 aliphatic carbocycles. The molecule has 0 aliphatic heterocycles. The highest BCUT2D eigenvalue weighted by molar-refractivity contribution is 6.13. The van der Waals surface area contributed by atoms with Crippen LogP contribution in [0.3, 0.4) is 0 Å². The van der Waals surface area contributed by atoms with E-state index in [1.807, 2.05) is 30.3 Å². The normalized spacial score (nSPS) is 13.5. The zero-order valence-electron chi connectivity index (χ0n) is 22.4. The fraction of sp³-hybridized carbons (Fsp3) is 0.125. The van der Waals surface area contributed by atoms with E-state index in [9.17, 15) is 29.5 Å². The molecule has 1 heterocycles. The van der Waals surface area contributed by atoms with Crippen molar-refractivity contribution >= 4 is 28.5 Å². The maximum atomic E-state index is 13.6. The van der Waals surface area contributed by atoms with Crippen molar-refractivity contribution in [2.45, 2.75) is 18.4 Å². The van der Waals surface area contributed by atoms with Gasteiger partial charge in [-0.05, 0) is 66.9 Å². The number of rotatable bonds is 7. The molecule has 1 aromatic heterocycles. The van der Waals surface area contributed by atoms with Crippen molar-refractivity contribution in [3.05, 3.63) is 107 Å². The van der Waals surface area contributed by atoms with Gasteiger partial charge in [0.15, 0.2) is 0 Å². The van der Waals surface area contributed by atoms with E-state index in [1.54, 1.807) is 0 Å². The van der Waals surface area contributed by atoms with Gasteiger partial charge in [0.1, 0.15) is 28.6 Å². The maximum absolute atomic E-state index is 13.6. The average molecular weight is 568 g/mol. The first kappa shape index (κ1) is 27.0. The van der Waals surface area contributed by atoms with Crippen molar-refractivity contribution in [1.29, 1.82) is 0 Å². The smallest absolute Gasteiger partial charge is 0.255 e. The number of phenolic OH excluding ortho intramolecular Hbond substituents is 1. The summed E-state index contributed by atoms with van der Waals surface area (Å²) >= 11 is 0. The lowest BCUT2D eigenvalue weighted by Gasteiger charge is -2.19. The van der Waals surface area contributed by atoms with Gasteiger partial charge in [0.2, 0.25) is 0 Å². The first-order chi connectivity index (χ1) is 20.2. The highest BCUT2D eigenvalue weighted by Crippen LogP contribution is 2.46. The number of fused-ring (bicyclic) bond motifs is 1. The number of nitrogens with one attached hydrogen (secondary N) is 2. The minimum atomic E-state index is -0.496. The number of carbonyl (C=O) groups excluding carboxylic acids is 2. The van der Waals surface area contributed by atoms with Crippen LogP contribution >= 0.6 is 0 Å². The van der Waals surface area contributed by atoms with Gasteiger partial charge in [-0.1, -0.05) is 30.3 Å². The van der Waals surface area contributed by atoms with E-state index < -0.39 is 17.3 Å². The van der Waals surface area contributed by atoms with E-state index in [1.165, 1.54) is 61.6 Å². The van der Waals surface area contributed by atoms with E-state index in [2.05, 4.69) is 10.6 Å². The van der Waals surface area contributed by atoms with Gasteiger partial charge >= 0.3 is 0 Å². The Morgan fingerprint density at radius 1 is 0.905 bits per heavy atom. The van der Waals surface area contributed by atoms with Crippen LogP contribution in [0.25, 0.3) is 33.4 Å². The summed E-state index contributed by atoms with van der Waals surface area (Å²) < 4.78 is 19.6. The molecular formula is C32H26FN3O6. The fourth-order valence-electron chi connectivity index (χ4n) is 5.22. The Hall–Kier alpha value is -5.19. The van der Waals surface area contributed by atoms with Crippen molar-refractivity contribution in [3.8, 4) is 28.2 Å². The zero-order chi connectivity index (χ0) is 29.6. The lowest BCUT2D eigenvalue weighted by molar-refractivity contribution is 0.0295. The molecule has 6 rings (SSSR count). The monoisotopic (exact) mass is 567 g/mol. The Morgan fingerprint density at radius 2 is 1.62 bits per heavy atom. The molecule has 4 aromatic carbocycles. The molecule has 0 unspecified atom stereocenters. The van der Waals surface area contributed by atoms with Crippen LogP contribution in [0.15, 0.2) is 89.3 Å². The number of amides is 2. The van der Waals surface area contributed by atoms with Crippen LogP contribution in [-0.4, -0.2) is 34.4 Å². The minimum absolute atomic E-state index is 0.112. The molecule has 212 valence electrons. The van der Waals surface area contributed by atoms with Gasteiger partial charge in [0, 0.05) is 40.8 Å². The molecule has 10 heteroatoms. The van der Waals surface area contributed by atoms with Gasteiger partial charge in [-0.3, -0.25) is 20.0 Å². The molecule has 0 spiro atoms. The Morgan fingerprint density at radius 3 is 2.26 bits per heavy atom. The first-order valence-corrected chi connectivity index (χ1v) is 13.2. The summed E-state index contributed by atoms with van der Waals surface area (Å²) in [6.07, 6.45) is 1.58. The van der Waals surface area contributed by atoms with E-state index in [4.69, 9.17) is 4.42 Å². The summed E-state index contributed by atoms with van der Waals surface area (Å²) in [5.41, 5.74) is 1.50. The third-order valence-electron chi connectivity index (χ3n) is 7.56. The summed E-state index contributed by atoms with van der Waals surface area (Å²) in [6, 6.07) is 22.1. The second kappa shape index (κ2) is 10.3. The molecule has 0 bridgehead atoms. The fourth-order valence-corrected chi connectivity index (χ4v) is 5.22. The topological polar surface area (TPSA) is 135 Å². The molecule has 1 aliphatic rings. The van der Waals surface area contributed by atoms with E-state index in [0.29, 0.717) is 10.9 Å². The van der Waals surface area contributed by atoms with E-state index >= 15 is 0 Å². The van der Waals surface area contributed by atoms with Gasteiger partial charge in [-0.2, -0.15) is 0 Å². The summed E-state index contributed by atoms with van der Waals surface area (Å²) in [5, 5.41) is 36.9. The summed E-state index contributed by atoms with van der Waals surface area (Å²) in [4.78, 5) is 26.4. The Balaban J connectivity index is 1.47. The first-order valence-electron chi connectivity index (χ1n) is 13.2. The van der Waals surface area contributed by atoms with Crippen LogP contribution in [0.2, 0.25) is 0 Å². The molecule has 1 saturated carbocycles. The Kier molecular flexibility index (Phi) is 6.64. The highest BCUT2D eigenvalue weighted by atomic mass is 19.1. The summed E-state index contributed by atoms with van der Waals surface area (Å²) in [7, 11) is 1.45. The van der Waals surface area contributed by atoms with Crippen LogP contribution in [0.1, 0.15) is 39.1 Å². The number of hydrogen-bond donors (Lipinski definition) is 5. The van der Waals surface area contributed by atoms with E-state index in [-0.39, 0.29) is 56.2 Å². The van der Waals surface area contributed by atoms with Crippen LogP contribution in [0, 0.1) is 5.82 Å². The van der Waals surface area contributed by atoms with Crippen molar-refractivity contribution in [2.24, 2.45) is 0 Å². The molecule has 0 saturated heterocycles. The number of halogens is 1. The lowest BCUT2D eigenvalue weighted by atomic mass is 9.96. The Bertz CT molecular complexity index is 1830. The van der Waals surface area contributed by atoms with Gasteiger partial charge in [0.05, 0.1) is 11.1 Å². The molecule has 2 amide bonds. The molecule has 0 radical (unpaired) electrons. The van der Waals surface area contributed by atoms with Crippen molar-refractivity contribution in [3.63, 3.8) is 0 Å². The number of aromatic hydroxyl groups is 1. The number of phenols is 1. The molecule has 1 fully saturated rings. The SMILES string of the molecule is CNC(=O)c1c(-c2ccc(F)cc2)oc2cc(N(O)O)c(-c3cc(C(=O)NC4(c5ccccc5)CC4)ccc3O)cc12. The van der Waals surface area contributed by atoms with Crippen molar-refractivity contribution in [2.75, 3.05) is 12.3 Å². The van der Waals surface area contributed by atoms with E-state index in [0.717, 1.165) is 18.4 Å². The van der Waals surface area contributed by atoms with Crippen molar-refractivity contribution in [1.82, 2.24) is 10.6 Å². The number of carbonyl (C=O) groups is 2. The number of anilines is 1. The van der Waals surface area contributed by atoms with Gasteiger partial charge in [0.25, 0.3) is 11.8 Å². The molecule has 0 atom stereocenters. The third kappa shape index (κ3) is 4.72. The largest absolute Gasteiger partial charge is 0.507 e. The van der Waals surface area contributed by atoms with Crippen LogP contribution in [0.5, 0.6) is 5.75 Å². The third-order valence-corrected chi connectivity index (χ3v) is 7.56. The number of nitrogens with zero attached hydrogens (tertiary/aromatic N) is 1. The zero-order valence-corrected chi connectivity index (χ0v) is 22.4. The molecule has 42 heavy (non-hydrogen) atoms. The van der Waals surface area contributed by atoms with Gasteiger partial charge < -0.3 is 20.2 Å². The summed E-state index contributed by atoms with van der Waals surface area (Å²) in [5.74, 6) is -1.42. The quantitative estimate of drug-likeness (QED) is 0.153. The molecule has 5 N–H and O–H groups in total. The molecule has 9 nitrogen and oxygen atoms in total. The number of hydrogen-bond acceptors (Lipinski definition) is 7. The lowest BCUT2D eigenvalue weighted by Crippen LogP contribution is -2.34. The van der Waals surface area contributed by atoms with Crippen LogP contribution in [0.4, 0.5) is 10.1 Å². The second-order valence-corrected chi connectivity index (χ2v) is 10.2. The highest BCUT2D eigenvalue weighted by Gasteiger charge is 2.45. The summed E-state index contributed by atoms with van der Waals surface area (Å²) in [6.45, 7) is 0. The molecular weight excluding hydrogens is 541 g/mol. The predicted molar refractivity (Wildman–Crippen MR) is 153 cm³/mol. The van der Waals surface area contributed by atoms with Gasteiger partial charge in [-0.25, -0.2) is 4.39 Å². The number of furan rings is 1. The molecule has 5 aromatic rings. The van der Waals surface area contributed by atoms with Crippen LogP contribution in [-0.2, 0) is 5.54 Å². The second-order valence-electron chi connectivity index (χ2n) is 10.2. The Labute approximate surface area is 239 Å². The predicted octanol–water partition coefficient (Wildman–Crippen LogP) is 5.98. The maximum Gasteiger partial charge on any atom is 0.255 e. The standard InChI is InChI=1S/C32H26FN3O6/c1-34-31(39)28-24-16-22(25(36(40)41)17-27(24)42-29(28)18-7-10-21(33)11-8-18)23-15-19(9-12-26(23)37)30(38)35-32(13-14-32)20-5-3-2-4-6-20/h2-12,15-17,37,40-41H,13-14H2,1H3,(H,34,39)(H,35,38). The minimum Gasteiger partial charge on any atom is -0.507 e. The van der Waals surface area contributed by atoms with Crippen LogP contribution < -0.4 is 15.9 Å². The number of benzene rings is 4. The van der Waals surface area contributed by atoms with Crippen molar-refractivity contribution < 1.29 is 33.9 Å². The average Bonchev–Trinajstić information content (AvgIpc) is 3.68. The van der Waals surface area contributed by atoms with Gasteiger partial charge in [-0.15, -0.1) is 5.23 Å².